The highest BCUT2D eigenvalue weighted by atomic mass is 16.1. The molecule has 0 aliphatic rings. The van der Waals surface area contributed by atoms with Crippen LogP contribution in [0.25, 0.3) is 0 Å². The first-order valence-electron chi connectivity index (χ1n) is 3.18. The van der Waals surface area contributed by atoms with Crippen molar-refractivity contribution in [3.05, 3.63) is 0 Å². The summed E-state index contributed by atoms with van der Waals surface area (Å²) >= 11 is 0. The second-order valence-corrected chi connectivity index (χ2v) is 2.25. The van der Waals surface area contributed by atoms with E-state index in [0.717, 1.165) is 19.0 Å². The zero-order valence-corrected chi connectivity index (χ0v) is 5.67. The number of carbonyl (C=O) groups is 2. The van der Waals surface area contributed by atoms with Gasteiger partial charge in [-0.1, -0.05) is 6.92 Å². The van der Waals surface area contributed by atoms with Crippen molar-refractivity contribution in [1.29, 1.82) is 0 Å². The van der Waals surface area contributed by atoms with Gasteiger partial charge in [-0.05, 0) is 12.3 Å². The Morgan fingerprint density at radius 3 is 2.44 bits per heavy atom. The maximum Gasteiger partial charge on any atom is 0.120 e. The molecule has 0 aromatic carbocycles. The largest absolute Gasteiger partial charge is 0.303 e. The van der Waals surface area contributed by atoms with E-state index in [0.29, 0.717) is 18.8 Å². The highest BCUT2D eigenvalue weighted by molar-refractivity contribution is 5.51. The molecule has 1 atom stereocenters. The lowest BCUT2D eigenvalue weighted by molar-refractivity contribution is -0.110. The van der Waals surface area contributed by atoms with E-state index in [1.54, 1.807) is 0 Å². The van der Waals surface area contributed by atoms with E-state index in [1.807, 2.05) is 6.92 Å². The third-order valence-corrected chi connectivity index (χ3v) is 1.28. The van der Waals surface area contributed by atoms with Crippen molar-refractivity contribution in [3.8, 4) is 0 Å². The van der Waals surface area contributed by atoms with Gasteiger partial charge in [0.25, 0.3) is 0 Å². The molecule has 0 spiro atoms. The molecule has 2 heteroatoms. The van der Waals surface area contributed by atoms with Gasteiger partial charge < -0.3 is 9.59 Å². The molecule has 2 nitrogen and oxygen atoms in total. The number of carbonyl (C=O) groups excluding carboxylic acids is 2. The van der Waals surface area contributed by atoms with Crippen LogP contribution in [0.2, 0.25) is 0 Å². The van der Waals surface area contributed by atoms with E-state index in [2.05, 4.69) is 0 Å². The maximum absolute atomic E-state index is 9.89. The van der Waals surface area contributed by atoms with Crippen molar-refractivity contribution in [2.45, 2.75) is 26.2 Å². The van der Waals surface area contributed by atoms with Crippen LogP contribution in [-0.2, 0) is 9.59 Å². The number of aldehydes is 2. The molecular formula is C7H12O2. The van der Waals surface area contributed by atoms with Crippen LogP contribution in [0.15, 0.2) is 0 Å². The van der Waals surface area contributed by atoms with E-state index in [-0.39, 0.29) is 0 Å². The van der Waals surface area contributed by atoms with Gasteiger partial charge in [0.05, 0.1) is 0 Å². The summed E-state index contributed by atoms with van der Waals surface area (Å²) in [6, 6.07) is 0. The third-order valence-electron chi connectivity index (χ3n) is 1.28. The fourth-order valence-corrected chi connectivity index (χ4v) is 0.635. The van der Waals surface area contributed by atoms with Gasteiger partial charge in [0.2, 0.25) is 0 Å². The van der Waals surface area contributed by atoms with Crippen LogP contribution < -0.4 is 0 Å². The van der Waals surface area contributed by atoms with Gasteiger partial charge in [0.15, 0.2) is 0 Å². The fraction of sp³-hybridized carbons (Fsp3) is 0.714. The van der Waals surface area contributed by atoms with Crippen molar-refractivity contribution < 1.29 is 9.59 Å². The van der Waals surface area contributed by atoms with Crippen molar-refractivity contribution >= 4 is 12.6 Å². The van der Waals surface area contributed by atoms with Crippen LogP contribution in [0.3, 0.4) is 0 Å². The molecule has 9 heavy (non-hydrogen) atoms. The topological polar surface area (TPSA) is 34.1 Å². The monoisotopic (exact) mass is 128 g/mol. The zero-order valence-electron chi connectivity index (χ0n) is 5.67. The molecule has 0 N–H and O–H groups in total. The second-order valence-electron chi connectivity index (χ2n) is 2.25. The Hall–Kier alpha value is -0.660. The van der Waals surface area contributed by atoms with Crippen molar-refractivity contribution in [1.82, 2.24) is 0 Å². The highest BCUT2D eigenvalue weighted by Crippen LogP contribution is 2.05. The van der Waals surface area contributed by atoms with Gasteiger partial charge >= 0.3 is 0 Å². The average molecular weight is 128 g/mol. The Morgan fingerprint density at radius 1 is 1.33 bits per heavy atom. The Bertz CT molecular complexity index is 88.9. The molecule has 0 aromatic heterocycles. The van der Waals surface area contributed by atoms with Gasteiger partial charge in [-0.3, -0.25) is 0 Å². The molecule has 0 rings (SSSR count). The Balaban J connectivity index is 3.14. The molecule has 0 amide bonds. The summed E-state index contributed by atoms with van der Waals surface area (Å²) in [4.78, 5) is 19.7. The highest BCUT2D eigenvalue weighted by Gasteiger charge is 1.98. The molecule has 52 valence electrons. The lowest BCUT2D eigenvalue weighted by Crippen LogP contribution is -1.94. The number of rotatable bonds is 5. The first kappa shape index (κ1) is 8.34. The molecule has 0 aliphatic heterocycles. The quantitative estimate of drug-likeness (QED) is 0.521. The minimum absolute atomic E-state index is 0.368. The molecule has 0 aliphatic carbocycles. The Morgan fingerprint density at radius 2 is 2.00 bits per heavy atom. The fourth-order valence-electron chi connectivity index (χ4n) is 0.635. The average Bonchev–Trinajstić information content (AvgIpc) is 1.85. The van der Waals surface area contributed by atoms with E-state index < -0.39 is 0 Å². The van der Waals surface area contributed by atoms with Crippen LogP contribution >= 0.6 is 0 Å². The molecule has 0 heterocycles. The van der Waals surface area contributed by atoms with Gasteiger partial charge in [-0.15, -0.1) is 0 Å². The molecule has 0 saturated carbocycles. The Labute approximate surface area is 55.3 Å². The van der Waals surface area contributed by atoms with E-state index >= 15 is 0 Å². The van der Waals surface area contributed by atoms with Crippen LogP contribution in [0, 0.1) is 5.92 Å². The molecule has 0 bridgehead atoms. The smallest absolute Gasteiger partial charge is 0.120 e. The third kappa shape index (κ3) is 5.21. The molecule has 0 aromatic rings. The number of hydrogen-bond acceptors (Lipinski definition) is 2. The standard InChI is InChI=1S/C7H12O2/c1-7(4-6-9)3-2-5-8/h5-7H,2-4H2,1H3/t7-/m0/s1. The zero-order chi connectivity index (χ0) is 7.11. The minimum Gasteiger partial charge on any atom is -0.303 e. The predicted molar refractivity (Wildman–Crippen MR) is 35.1 cm³/mol. The summed E-state index contributed by atoms with van der Waals surface area (Å²) in [5.74, 6) is 0.368. The lowest BCUT2D eigenvalue weighted by Gasteiger charge is -2.01. The van der Waals surface area contributed by atoms with Gasteiger partial charge in [0, 0.05) is 12.8 Å². The normalized spacial score (nSPS) is 12.6. The molecule has 0 saturated heterocycles. The lowest BCUT2D eigenvalue weighted by atomic mass is 10.0. The van der Waals surface area contributed by atoms with Gasteiger partial charge in [-0.25, -0.2) is 0 Å². The van der Waals surface area contributed by atoms with Crippen LogP contribution in [-0.4, -0.2) is 12.6 Å². The molecular weight excluding hydrogens is 116 g/mol. The van der Waals surface area contributed by atoms with Crippen LogP contribution in [0.1, 0.15) is 26.2 Å². The summed E-state index contributed by atoms with van der Waals surface area (Å²) in [6.07, 6.45) is 3.78. The molecule has 0 fully saturated rings. The van der Waals surface area contributed by atoms with Crippen molar-refractivity contribution in [3.63, 3.8) is 0 Å². The first-order valence-corrected chi connectivity index (χ1v) is 3.18. The van der Waals surface area contributed by atoms with E-state index in [9.17, 15) is 9.59 Å². The second kappa shape index (κ2) is 5.48. The van der Waals surface area contributed by atoms with Crippen molar-refractivity contribution in [2.24, 2.45) is 5.92 Å². The summed E-state index contributed by atoms with van der Waals surface area (Å²) in [5, 5.41) is 0. The minimum atomic E-state index is 0.368. The summed E-state index contributed by atoms with van der Waals surface area (Å²) in [7, 11) is 0. The molecule has 0 radical (unpaired) electrons. The summed E-state index contributed by atoms with van der Waals surface area (Å²) in [6.45, 7) is 1.97. The van der Waals surface area contributed by atoms with Crippen LogP contribution in [0.5, 0.6) is 0 Å². The Kier molecular flexibility index (Phi) is 5.07. The predicted octanol–water partition coefficient (Wildman–Crippen LogP) is 1.19. The van der Waals surface area contributed by atoms with Crippen molar-refractivity contribution in [2.75, 3.05) is 0 Å². The van der Waals surface area contributed by atoms with Crippen LogP contribution in [0.4, 0.5) is 0 Å². The van der Waals surface area contributed by atoms with E-state index in [4.69, 9.17) is 0 Å². The first-order chi connectivity index (χ1) is 4.31. The number of hydrogen-bond donors (Lipinski definition) is 0. The summed E-state index contributed by atoms with van der Waals surface area (Å²) in [5.41, 5.74) is 0. The summed E-state index contributed by atoms with van der Waals surface area (Å²) < 4.78 is 0. The molecule has 0 unspecified atom stereocenters. The van der Waals surface area contributed by atoms with Gasteiger partial charge in [0.1, 0.15) is 12.6 Å². The van der Waals surface area contributed by atoms with E-state index in [1.165, 1.54) is 0 Å². The maximum atomic E-state index is 9.89. The SMILES string of the molecule is C[C@H](CC=O)CCC=O. The van der Waals surface area contributed by atoms with Gasteiger partial charge in [-0.2, -0.15) is 0 Å².